The first-order valence-corrected chi connectivity index (χ1v) is 8.76. The lowest BCUT2D eigenvalue weighted by atomic mass is 9.96. The van der Waals surface area contributed by atoms with Crippen LogP contribution in [0.4, 0.5) is 0 Å². The van der Waals surface area contributed by atoms with E-state index in [2.05, 4.69) is 44.6 Å². The topological polar surface area (TPSA) is 66.2 Å². The molecule has 0 unspecified atom stereocenters. The summed E-state index contributed by atoms with van der Waals surface area (Å²) in [5, 5.41) is 17.2. The summed E-state index contributed by atoms with van der Waals surface area (Å²) in [6.45, 7) is 6.83. The van der Waals surface area contributed by atoms with Crippen molar-refractivity contribution in [3.63, 3.8) is 0 Å². The van der Waals surface area contributed by atoms with Crippen molar-refractivity contribution in [3.05, 3.63) is 42.5 Å². The molecule has 2 aromatic rings. The molecule has 6 heteroatoms. The normalized spacial score (nSPS) is 17.9. The molecule has 0 saturated carbocycles. The first kappa shape index (κ1) is 17.1. The van der Waals surface area contributed by atoms with Crippen LogP contribution in [0.1, 0.15) is 25.3 Å². The van der Waals surface area contributed by atoms with Gasteiger partial charge in [0.1, 0.15) is 12.7 Å². The number of hydrogen-bond acceptors (Lipinski definition) is 5. The van der Waals surface area contributed by atoms with Gasteiger partial charge in [0.2, 0.25) is 0 Å². The summed E-state index contributed by atoms with van der Waals surface area (Å²) in [5.41, 5.74) is 2.31. The minimum atomic E-state index is -0.222. The summed E-state index contributed by atoms with van der Waals surface area (Å²) in [5.74, 6) is 0.740. The number of benzene rings is 1. The largest absolute Gasteiger partial charge is 0.392 e. The number of nitrogens with one attached hydrogen (secondary N) is 1. The number of piperidine rings is 1. The van der Waals surface area contributed by atoms with Crippen LogP contribution in [0.5, 0.6) is 0 Å². The predicted octanol–water partition coefficient (Wildman–Crippen LogP) is 1.45. The molecule has 1 aliphatic rings. The highest BCUT2D eigenvalue weighted by Crippen LogP contribution is 2.17. The van der Waals surface area contributed by atoms with Gasteiger partial charge in [0, 0.05) is 13.1 Å². The molecule has 0 amide bonds. The van der Waals surface area contributed by atoms with Gasteiger partial charge in [-0.3, -0.25) is 0 Å². The van der Waals surface area contributed by atoms with Crippen molar-refractivity contribution < 1.29 is 5.11 Å². The summed E-state index contributed by atoms with van der Waals surface area (Å²) in [7, 11) is 0. The van der Waals surface area contributed by atoms with Crippen LogP contribution in [0.25, 0.3) is 5.69 Å². The van der Waals surface area contributed by atoms with Gasteiger partial charge in [-0.05, 0) is 63.0 Å². The van der Waals surface area contributed by atoms with Crippen molar-refractivity contribution in [2.75, 3.05) is 26.2 Å². The van der Waals surface area contributed by atoms with E-state index in [1.165, 1.54) is 18.4 Å². The van der Waals surface area contributed by atoms with E-state index in [0.29, 0.717) is 0 Å². The summed E-state index contributed by atoms with van der Waals surface area (Å²) in [6.07, 6.45) is 5.45. The molecule has 130 valence electrons. The molecule has 24 heavy (non-hydrogen) atoms. The predicted molar refractivity (Wildman–Crippen MR) is 93.9 cm³/mol. The summed E-state index contributed by atoms with van der Waals surface area (Å²) < 4.78 is 1.76. The maximum absolute atomic E-state index is 9.46. The molecule has 0 bridgehead atoms. The van der Waals surface area contributed by atoms with Crippen LogP contribution in [0.3, 0.4) is 0 Å². The third kappa shape index (κ3) is 4.87. The van der Waals surface area contributed by atoms with Crippen molar-refractivity contribution in [3.8, 4) is 5.69 Å². The molecule has 0 aliphatic carbocycles. The SMILES string of the molecule is C[C@@H](O)CN1CCC(CNCc2ccc(-n3cncn3)cc2)CC1. The van der Waals surface area contributed by atoms with Gasteiger partial charge in [-0.25, -0.2) is 9.67 Å². The summed E-state index contributed by atoms with van der Waals surface area (Å²) >= 11 is 0. The van der Waals surface area contributed by atoms with Crippen LogP contribution in [0.15, 0.2) is 36.9 Å². The Hall–Kier alpha value is -1.76. The molecule has 1 aromatic heterocycles. The van der Waals surface area contributed by atoms with E-state index in [4.69, 9.17) is 0 Å². The number of nitrogens with zero attached hydrogens (tertiary/aromatic N) is 4. The highest BCUT2D eigenvalue weighted by atomic mass is 16.3. The van der Waals surface area contributed by atoms with Crippen molar-refractivity contribution in [1.82, 2.24) is 25.0 Å². The van der Waals surface area contributed by atoms with Crippen LogP contribution in [0.2, 0.25) is 0 Å². The maximum atomic E-state index is 9.46. The zero-order valence-corrected chi connectivity index (χ0v) is 14.3. The molecule has 1 saturated heterocycles. The van der Waals surface area contributed by atoms with Gasteiger partial charge in [0.25, 0.3) is 0 Å². The van der Waals surface area contributed by atoms with Crippen LogP contribution >= 0.6 is 0 Å². The first-order valence-electron chi connectivity index (χ1n) is 8.76. The highest BCUT2D eigenvalue weighted by molar-refractivity contribution is 5.33. The second-order valence-corrected chi connectivity index (χ2v) is 6.73. The van der Waals surface area contributed by atoms with Crippen molar-refractivity contribution >= 4 is 0 Å². The molecular weight excluding hydrogens is 302 g/mol. The van der Waals surface area contributed by atoms with E-state index in [-0.39, 0.29) is 6.10 Å². The lowest BCUT2D eigenvalue weighted by Gasteiger charge is -2.32. The maximum Gasteiger partial charge on any atom is 0.138 e. The second kappa shape index (κ2) is 8.37. The van der Waals surface area contributed by atoms with Gasteiger partial charge in [0.05, 0.1) is 11.8 Å². The number of hydrogen-bond donors (Lipinski definition) is 2. The van der Waals surface area contributed by atoms with Gasteiger partial charge in [0.15, 0.2) is 0 Å². The monoisotopic (exact) mass is 329 g/mol. The van der Waals surface area contributed by atoms with E-state index < -0.39 is 0 Å². The molecule has 0 spiro atoms. The number of aliphatic hydroxyl groups excluding tert-OH is 1. The van der Waals surface area contributed by atoms with Gasteiger partial charge in [-0.1, -0.05) is 12.1 Å². The molecule has 1 fully saturated rings. The number of rotatable bonds is 7. The van der Waals surface area contributed by atoms with E-state index in [1.54, 1.807) is 17.3 Å². The number of aliphatic hydroxyl groups is 1. The third-order valence-corrected chi connectivity index (χ3v) is 4.61. The first-order chi connectivity index (χ1) is 11.7. The van der Waals surface area contributed by atoms with E-state index in [9.17, 15) is 5.11 Å². The van der Waals surface area contributed by atoms with E-state index >= 15 is 0 Å². The molecule has 0 radical (unpaired) electrons. The highest BCUT2D eigenvalue weighted by Gasteiger charge is 2.19. The fraction of sp³-hybridized carbons (Fsp3) is 0.556. The van der Waals surface area contributed by atoms with E-state index in [0.717, 1.165) is 44.3 Å². The second-order valence-electron chi connectivity index (χ2n) is 6.73. The quantitative estimate of drug-likeness (QED) is 0.805. The Bertz CT molecular complexity index is 588. The van der Waals surface area contributed by atoms with Crippen molar-refractivity contribution in [2.24, 2.45) is 5.92 Å². The Kier molecular flexibility index (Phi) is 5.96. The molecule has 1 aliphatic heterocycles. The third-order valence-electron chi connectivity index (χ3n) is 4.61. The molecule has 2 heterocycles. The zero-order valence-electron chi connectivity index (χ0n) is 14.3. The minimum Gasteiger partial charge on any atom is -0.392 e. The Labute approximate surface area is 143 Å². The Balaban J connectivity index is 1.38. The van der Waals surface area contributed by atoms with Crippen LogP contribution in [0, 0.1) is 5.92 Å². The molecule has 6 nitrogen and oxygen atoms in total. The summed E-state index contributed by atoms with van der Waals surface area (Å²) in [4.78, 5) is 6.33. The van der Waals surface area contributed by atoms with Crippen LogP contribution in [-0.2, 0) is 6.54 Å². The average molecular weight is 329 g/mol. The lowest BCUT2D eigenvalue weighted by molar-refractivity contribution is 0.0998. The average Bonchev–Trinajstić information content (AvgIpc) is 3.11. The zero-order chi connectivity index (χ0) is 16.8. The van der Waals surface area contributed by atoms with Crippen LogP contribution in [-0.4, -0.2) is 57.1 Å². The fourth-order valence-electron chi connectivity index (χ4n) is 3.28. The Morgan fingerprint density at radius 2 is 2.00 bits per heavy atom. The number of β-amino-alcohol motifs (C(OH)–C–C–N with tert-alkyl or cyclic N) is 1. The Morgan fingerprint density at radius 1 is 1.25 bits per heavy atom. The molecule has 1 atom stereocenters. The fourth-order valence-corrected chi connectivity index (χ4v) is 3.28. The standard InChI is InChI=1S/C18H27N5O/c1-15(24)12-22-8-6-17(7-9-22)11-19-10-16-2-4-18(5-3-16)23-14-20-13-21-23/h2-5,13-15,17,19,24H,6-12H2,1H3/t15-/m1/s1. The van der Waals surface area contributed by atoms with Gasteiger partial charge in [-0.2, -0.15) is 5.10 Å². The smallest absolute Gasteiger partial charge is 0.138 e. The van der Waals surface area contributed by atoms with Gasteiger partial charge in [-0.15, -0.1) is 0 Å². The Morgan fingerprint density at radius 3 is 2.62 bits per heavy atom. The molecule has 3 rings (SSSR count). The van der Waals surface area contributed by atoms with Gasteiger partial charge < -0.3 is 15.3 Å². The van der Waals surface area contributed by atoms with Crippen LogP contribution < -0.4 is 5.32 Å². The van der Waals surface area contributed by atoms with Crippen molar-refractivity contribution in [1.29, 1.82) is 0 Å². The lowest BCUT2D eigenvalue weighted by Crippen LogP contribution is -2.40. The molecule has 2 N–H and O–H groups in total. The van der Waals surface area contributed by atoms with Crippen molar-refractivity contribution in [2.45, 2.75) is 32.4 Å². The minimum absolute atomic E-state index is 0.222. The van der Waals surface area contributed by atoms with Gasteiger partial charge >= 0.3 is 0 Å². The van der Waals surface area contributed by atoms with E-state index in [1.807, 2.05) is 6.92 Å². The molecular formula is C18H27N5O. The number of aromatic nitrogens is 3. The summed E-state index contributed by atoms with van der Waals surface area (Å²) in [6, 6.07) is 8.41. The molecule has 1 aromatic carbocycles. The number of likely N-dealkylation sites (tertiary alicyclic amines) is 1.